The average Bonchev–Trinajstić information content (AvgIpc) is 2.43. The topological polar surface area (TPSA) is 221 Å². The van der Waals surface area contributed by atoms with Crippen molar-refractivity contribution in [1.82, 2.24) is 43.4 Å². The van der Waals surface area contributed by atoms with Crippen molar-refractivity contribution < 1.29 is 0 Å². The van der Waals surface area contributed by atoms with E-state index in [1.807, 2.05) is 0 Å². The fourth-order valence-corrected chi connectivity index (χ4v) is 0.696. The predicted molar refractivity (Wildman–Crippen MR) is 63.8 cm³/mol. The minimum absolute atomic E-state index is 0.156. The van der Waals surface area contributed by atoms with E-state index in [1.54, 1.807) is 0 Å². The first-order valence-electron chi connectivity index (χ1n) is 4.47. The third-order valence-electron chi connectivity index (χ3n) is 1.45. The molecule has 0 aliphatic carbocycles. The summed E-state index contributed by atoms with van der Waals surface area (Å²) in [5.74, 6) is 10.0. The molecule has 0 aromatic rings. The zero-order chi connectivity index (χ0) is 13.4. The normalized spacial score (nSPS) is 12.8. The summed E-state index contributed by atoms with van der Waals surface area (Å²) in [6, 6.07) is 0. The third kappa shape index (κ3) is 4.24. The fourth-order valence-electron chi connectivity index (χ4n) is 0.696. The van der Waals surface area contributed by atoms with Gasteiger partial charge in [0.2, 0.25) is 11.9 Å². The first kappa shape index (κ1) is 13.1. The lowest BCUT2D eigenvalue weighted by atomic mass is 10.9. The molecule has 1 rings (SSSR count). The lowest BCUT2D eigenvalue weighted by molar-refractivity contribution is 0.678. The molecule has 0 atom stereocenters. The second kappa shape index (κ2) is 6.55. The van der Waals surface area contributed by atoms with Crippen molar-refractivity contribution in [2.24, 2.45) is 21.9 Å². The molecule has 0 aromatic heterocycles. The SMILES string of the molecule is N=C(NN)NNC1=NN=C(NNC(=N)NN)NN1. The van der Waals surface area contributed by atoms with E-state index in [9.17, 15) is 0 Å². The van der Waals surface area contributed by atoms with E-state index < -0.39 is 0 Å². The summed E-state index contributed by atoms with van der Waals surface area (Å²) in [6.07, 6.45) is 0. The van der Waals surface area contributed by atoms with Crippen LogP contribution in [0.5, 0.6) is 0 Å². The molecule has 0 radical (unpaired) electrons. The molecule has 0 spiro atoms. The molecule has 1 aliphatic rings. The zero-order valence-corrected chi connectivity index (χ0v) is 9.05. The van der Waals surface area contributed by atoms with Gasteiger partial charge < -0.3 is 0 Å². The van der Waals surface area contributed by atoms with E-state index in [4.69, 9.17) is 22.5 Å². The van der Waals surface area contributed by atoms with E-state index >= 15 is 0 Å². The van der Waals surface area contributed by atoms with Crippen LogP contribution in [-0.4, -0.2) is 23.8 Å². The van der Waals surface area contributed by atoms with Crippen LogP contribution in [0.15, 0.2) is 10.2 Å². The van der Waals surface area contributed by atoms with Crippen LogP contribution in [0.4, 0.5) is 0 Å². The highest BCUT2D eigenvalue weighted by atomic mass is 15.6. The highest BCUT2D eigenvalue weighted by Crippen LogP contribution is 1.78. The molecule has 18 heavy (non-hydrogen) atoms. The van der Waals surface area contributed by atoms with Crippen molar-refractivity contribution >= 4 is 23.8 Å². The predicted octanol–water partition coefficient (Wildman–Crippen LogP) is -5.29. The van der Waals surface area contributed by atoms with Crippen LogP contribution in [0.25, 0.3) is 0 Å². The lowest BCUT2D eigenvalue weighted by Gasteiger charge is -2.19. The van der Waals surface area contributed by atoms with Crippen molar-refractivity contribution in [2.45, 2.75) is 0 Å². The summed E-state index contributed by atoms with van der Waals surface area (Å²) in [7, 11) is 0. The Morgan fingerprint density at radius 2 is 1.28 bits per heavy atom. The largest absolute Gasteiger partial charge is 0.293 e. The number of hydrogen-bond donors (Lipinski definition) is 12. The monoisotopic (exact) mass is 258 g/mol. The van der Waals surface area contributed by atoms with Crippen molar-refractivity contribution in [3.8, 4) is 0 Å². The molecule has 100 valence electrons. The van der Waals surface area contributed by atoms with E-state index in [1.165, 1.54) is 0 Å². The van der Waals surface area contributed by atoms with Gasteiger partial charge in [-0.1, -0.05) is 0 Å². The van der Waals surface area contributed by atoms with E-state index in [2.05, 4.69) is 53.6 Å². The first-order chi connectivity index (χ1) is 8.65. The Morgan fingerprint density at radius 3 is 1.56 bits per heavy atom. The minimum atomic E-state index is -0.156. The summed E-state index contributed by atoms with van der Waals surface area (Å²) in [5.41, 5.74) is 19.1. The molecule has 1 aliphatic heterocycles. The second-order valence-corrected chi connectivity index (χ2v) is 2.69. The maximum absolute atomic E-state index is 7.12. The standard InChI is InChI=1S/C4H14N14/c5-1(9-7)11-13-3-15-17-4(18-16-3)14-12-2(6)10-8/h7-8H2,(H3,5,9,11)(H3,6,10,12)(H2,13,15,16)(H2,14,17,18). The molecular formula is C4H14N14. The van der Waals surface area contributed by atoms with Crippen LogP contribution in [0, 0.1) is 10.8 Å². The van der Waals surface area contributed by atoms with Crippen molar-refractivity contribution in [3.63, 3.8) is 0 Å². The molecule has 0 bridgehead atoms. The highest BCUT2D eigenvalue weighted by Gasteiger charge is 2.07. The Balaban J connectivity index is 2.35. The number of hydrazine groups is 5. The summed E-state index contributed by atoms with van der Waals surface area (Å²) in [5, 5.41) is 21.6. The average molecular weight is 258 g/mol. The maximum atomic E-state index is 7.12. The molecule has 1 heterocycles. The number of nitrogens with zero attached hydrogens (tertiary/aromatic N) is 2. The van der Waals surface area contributed by atoms with Crippen molar-refractivity contribution in [1.29, 1.82) is 10.8 Å². The van der Waals surface area contributed by atoms with Crippen LogP contribution in [0.2, 0.25) is 0 Å². The lowest BCUT2D eigenvalue weighted by Crippen LogP contribution is -2.61. The van der Waals surface area contributed by atoms with Gasteiger partial charge in [0.25, 0.3) is 11.9 Å². The smallest absolute Gasteiger partial charge is 0.254 e. The molecule has 0 aromatic carbocycles. The molecule has 0 saturated heterocycles. The molecule has 14 heteroatoms. The van der Waals surface area contributed by atoms with Gasteiger partial charge in [-0.05, 0) is 0 Å². The summed E-state index contributed by atoms with van der Waals surface area (Å²) in [4.78, 5) is 0. The number of hydrogen-bond acceptors (Lipinski definition) is 10. The molecule has 0 fully saturated rings. The molecular weight excluding hydrogens is 244 g/mol. The Hall–Kier alpha value is -3.00. The van der Waals surface area contributed by atoms with Gasteiger partial charge in [0.1, 0.15) is 0 Å². The Labute approximate surface area is 101 Å². The van der Waals surface area contributed by atoms with Gasteiger partial charge in [-0.15, -0.1) is 10.2 Å². The van der Waals surface area contributed by atoms with Gasteiger partial charge in [0.15, 0.2) is 0 Å². The van der Waals surface area contributed by atoms with E-state index in [0.717, 1.165) is 0 Å². The van der Waals surface area contributed by atoms with Gasteiger partial charge in [-0.3, -0.25) is 54.2 Å². The third-order valence-corrected chi connectivity index (χ3v) is 1.45. The van der Waals surface area contributed by atoms with E-state index in [0.29, 0.717) is 0 Å². The maximum Gasteiger partial charge on any atom is 0.254 e. The molecule has 14 nitrogen and oxygen atoms in total. The van der Waals surface area contributed by atoms with Crippen LogP contribution in [0.1, 0.15) is 0 Å². The second-order valence-electron chi connectivity index (χ2n) is 2.69. The summed E-state index contributed by atoms with van der Waals surface area (Å²) in [6.45, 7) is 0. The first-order valence-corrected chi connectivity index (χ1v) is 4.47. The fraction of sp³-hybridized carbons (Fsp3) is 0. The highest BCUT2D eigenvalue weighted by molar-refractivity contribution is 5.91. The molecule has 14 N–H and O–H groups in total. The molecule has 0 amide bonds. The summed E-state index contributed by atoms with van der Waals surface area (Å²) < 4.78 is 0. The minimum Gasteiger partial charge on any atom is -0.293 e. The Bertz CT molecular complexity index is 330. The van der Waals surface area contributed by atoms with Crippen molar-refractivity contribution in [2.75, 3.05) is 0 Å². The molecule has 0 saturated carbocycles. The van der Waals surface area contributed by atoms with Gasteiger partial charge >= 0.3 is 0 Å². The van der Waals surface area contributed by atoms with Gasteiger partial charge in [0.05, 0.1) is 0 Å². The van der Waals surface area contributed by atoms with Crippen LogP contribution < -0.4 is 55.1 Å². The number of rotatable bonds is 0. The van der Waals surface area contributed by atoms with Crippen LogP contribution in [-0.2, 0) is 0 Å². The molecule has 0 unspecified atom stereocenters. The van der Waals surface area contributed by atoms with Crippen LogP contribution in [0.3, 0.4) is 0 Å². The summed E-state index contributed by atoms with van der Waals surface area (Å²) >= 11 is 0. The number of nitrogens with one attached hydrogen (secondary N) is 10. The Morgan fingerprint density at radius 1 is 0.889 bits per heavy atom. The van der Waals surface area contributed by atoms with Gasteiger partial charge in [-0.2, -0.15) is 0 Å². The quantitative estimate of drug-likeness (QED) is 0.0855. The van der Waals surface area contributed by atoms with Crippen molar-refractivity contribution in [3.05, 3.63) is 0 Å². The van der Waals surface area contributed by atoms with E-state index in [-0.39, 0.29) is 23.8 Å². The Kier molecular flexibility index (Phi) is 4.76. The number of guanidine groups is 4. The van der Waals surface area contributed by atoms with Gasteiger partial charge in [0, 0.05) is 0 Å². The zero-order valence-electron chi connectivity index (χ0n) is 9.05. The number of nitrogens with two attached hydrogens (primary N) is 2. The van der Waals surface area contributed by atoms with Crippen LogP contribution >= 0.6 is 0 Å². The van der Waals surface area contributed by atoms with Gasteiger partial charge in [-0.25, -0.2) is 11.7 Å².